The lowest BCUT2D eigenvalue weighted by molar-refractivity contribution is -0.119. The summed E-state index contributed by atoms with van der Waals surface area (Å²) in [5, 5.41) is 2.77. The van der Waals surface area contributed by atoms with Crippen molar-refractivity contribution in [2.24, 2.45) is 0 Å². The molecular weight excluding hydrogens is 436 g/mol. The number of benzene rings is 3. The van der Waals surface area contributed by atoms with Gasteiger partial charge in [-0.1, -0.05) is 48.0 Å². The number of sulfonamides is 1. The zero-order valence-corrected chi connectivity index (χ0v) is 20.3. The first kappa shape index (κ1) is 24.3. The van der Waals surface area contributed by atoms with Gasteiger partial charge in [0, 0.05) is 0 Å². The van der Waals surface area contributed by atoms with Crippen molar-refractivity contribution in [3.63, 3.8) is 0 Å². The van der Waals surface area contributed by atoms with Crippen molar-refractivity contribution in [2.75, 3.05) is 24.0 Å². The lowest BCUT2D eigenvalue weighted by Crippen LogP contribution is -2.42. The summed E-state index contributed by atoms with van der Waals surface area (Å²) in [7, 11) is -3.93. The predicted octanol–water partition coefficient (Wildman–Crippen LogP) is 4.31. The average Bonchev–Trinajstić information content (AvgIpc) is 2.78. The SMILES string of the molecule is Cc1ccc(OCCNC(=O)CN(c2cc(C)ccc2C)S(=O)(=O)c2ccccc2)c(C)c1. The molecule has 0 aliphatic heterocycles. The lowest BCUT2D eigenvalue weighted by Gasteiger charge is -2.26. The van der Waals surface area contributed by atoms with Crippen molar-refractivity contribution < 1.29 is 17.9 Å². The number of carbonyl (C=O) groups is 1. The maximum atomic E-state index is 13.4. The van der Waals surface area contributed by atoms with E-state index in [1.165, 1.54) is 16.4 Å². The van der Waals surface area contributed by atoms with Crippen molar-refractivity contribution >= 4 is 21.6 Å². The number of amides is 1. The number of hydrogen-bond acceptors (Lipinski definition) is 4. The Labute approximate surface area is 196 Å². The van der Waals surface area contributed by atoms with Gasteiger partial charge < -0.3 is 10.1 Å². The average molecular weight is 467 g/mol. The van der Waals surface area contributed by atoms with Crippen LogP contribution >= 0.6 is 0 Å². The van der Waals surface area contributed by atoms with Gasteiger partial charge in [-0.3, -0.25) is 9.10 Å². The molecule has 0 heterocycles. The van der Waals surface area contributed by atoms with Gasteiger partial charge in [-0.15, -0.1) is 0 Å². The molecular formula is C26H30N2O4S. The molecule has 3 rings (SSSR count). The van der Waals surface area contributed by atoms with Gasteiger partial charge in [0.05, 0.1) is 17.1 Å². The number of hydrogen-bond donors (Lipinski definition) is 1. The second-order valence-electron chi connectivity index (χ2n) is 8.08. The van der Waals surface area contributed by atoms with Gasteiger partial charge in [0.25, 0.3) is 10.0 Å². The topological polar surface area (TPSA) is 75.7 Å². The molecule has 0 spiro atoms. The van der Waals surface area contributed by atoms with Gasteiger partial charge in [0.15, 0.2) is 0 Å². The first-order valence-corrected chi connectivity index (χ1v) is 12.2. The van der Waals surface area contributed by atoms with E-state index in [2.05, 4.69) is 5.32 Å². The minimum Gasteiger partial charge on any atom is -0.491 e. The van der Waals surface area contributed by atoms with Crippen molar-refractivity contribution in [3.05, 3.63) is 89.0 Å². The van der Waals surface area contributed by atoms with E-state index in [0.717, 1.165) is 28.0 Å². The van der Waals surface area contributed by atoms with Crippen LogP contribution in [0.15, 0.2) is 71.6 Å². The Hall–Kier alpha value is -3.32. The highest BCUT2D eigenvalue weighted by atomic mass is 32.2. The quantitative estimate of drug-likeness (QED) is 0.477. The van der Waals surface area contributed by atoms with Crippen LogP contribution in [0.1, 0.15) is 22.3 Å². The lowest BCUT2D eigenvalue weighted by atomic mass is 10.1. The van der Waals surface area contributed by atoms with E-state index in [-0.39, 0.29) is 24.6 Å². The molecule has 0 saturated carbocycles. The second kappa shape index (κ2) is 10.5. The summed E-state index contributed by atoms with van der Waals surface area (Å²) in [6, 6.07) is 19.6. The van der Waals surface area contributed by atoms with Crippen LogP contribution < -0.4 is 14.4 Å². The molecule has 0 aliphatic rings. The molecule has 3 aromatic carbocycles. The van der Waals surface area contributed by atoms with E-state index in [1.54, 1.807) is 24.3 Å². The third kappa shape index (κ3) is 6.14. The van der Waals surface area contributed by atoms with E-state index in [0.29, 0.717) is 5.69 Å². The van der Waals surface area contributed by atoms with Gasteiger partial charge >= 0.3 is 0 Å². The van der Waals surface area contributed by atoms with Crippen LogP contribution in [0.3, 0.4) is 0 Å². The first-order valence-electron chi connectivity index (χ1n) is 10.8. The zero-order chi connectivity index (χ0) is 24.0. The number of rotatable bonds is 9. The van der Waals surface area contributed by atoms with Gasteiger partial charge in [-0.25, -0.2) is 8.42 Å². The molecule has 174 valence electrons. The number of ether oxygens (including phenoxy) is 1. The molecule has 0 atom stereocenters. The fraction of sp³-hybridized carbons (Fsp3) is 0.269. The highest BCUT2D eigenvalue weighted by molar-refractivity contribution is 7.92. The number of anilines is 1. The van der Waals surface area contributed by atoms with E-state index in [4.69, 9.17) is 4.74 Å². The maximum Gasteiger partial charge on any atom is 0.264 e. The number of aryl methyl sites for hydroxylation is 4. The van der Waals surface area contributed by atoms with Crippen molar-refractivity contribution in [2.45, 2.75) is 32.6 Å². The van der Waals surface area contributed by atoms with Gasteiger partial charge in [-0.05, 0) is 68.7 Å². The van der Waals surface area contributed by atoms with Gasteiger partial charge in [-0.2, -0.15) is 0 Å². The monoisotopic (exact) mass is 466 g/mol. The number of nitrogens with one attached hydrogen (secondary N) is 1. The molecule has 0 saturated heterocycles. The van der Waals surface area contributed by atoms with Crippen LogP contribution in [0.25, 0.3) is 0 Å². The summed E-state index contributed by atoms with van der Waals surface area (Å²) in [5.74, 6) is 0.359. The third-order valence-electron chi connectivity index (χ3n) is 5.26. The maximum absolute atomic E-state index is 13.4. The molecule has 0 fully saturated rings. The molecule has 0 aliphatic carbocycles. The van der Waals surface area contributed by atoms with E-state index in [9.17, 15) is 13.2 Å². The Morgan fingerprint density at radius 2 is 1.55 bits per heavy atom. The molecule has 3 aromatic rings. The number of carbonyl (C=O) groups excluding carboxylic acids is 1. The van der Waals surface area contributed by atoms with Crippen LogP contribution in [0.5, 0.6) is 5.75 Å². The standard InChI is InChI=1S/C26H30N2O4S/c1-19-11-13-25(22(4)16-19)32-15-14-27-26(29)18-28(24-17-20(2)10-12-21(24)3)33(30,31)23-8-6-5-7-9-23/h5-13,16-17H,14-15,18H2,1-4H3,(H,27,29). The van der Waals surface area contributed by atoms with Crippen molar-refractivity contribution in [1.82, 2.24) is 5.32 Å². The molecule has 0 unspecified atom stereocenters. The minimum atomic E-state index is -3.93. The fourth-order valence-corrected chi connectivity index (χ4v) is 5.00. The van der Waals surface area contributed by atoms with E-state index >= 15 is 0 Å². The Morgan fingerprint density at radius 1 is 0.879 bits per heavy atom. The Bertz CT molecular complexity index is 1220. The molecule has 6 nitrogen and oxygen atoms in total. The predicted molar refractivity (Wildman–Crippen MR) is 131 cm³/mol. The smallest absolute Gasteiger partial charge is 0.264 e. The summed E-state index contributed by atoms with van der Waals surface area (Å²) < 4.78 is 33.8. The first-order chi connectivity index (χ1) is 15.7. The Kier molecular flexibility index (Phi) is 7.76. The highest BCUT2D eigenvalue weighted by Gasteiger charge is 2.28. The van der Waals surface area contributed by atoms with Crippen molar-refractivity contribution in [3.8, 4) is 5.75 Å². The molecule has 1 N–H and O–H groups in total. The summed E-state index contributed by atoms with van der Waals surface area (Å²) in [4.78, 5) is 12.9. The molecule has 0 radical (unpaired) electrons. The summed E-state index contributed by atoms with van der Waals surface area (Å²) in [6.45, 7) is 7.92. The van der Waals surface area contributed by atoms with Gasteiger partial charge in [0.1, 0.15) is 18.9 Å². The van der Waals surface area contributed by atoms with Gasteiger partial charge in [0.2, 0.25) is 5.91 Å². The molecule has 33 heavy (non-hydrogen) atoms. The summed E-state index contributed by atoms with van der Waals surface area (Å²) in [5.41, 5.74) is 4.34. The van der Waals surface area contributed by atoms with Crippen LogP contribution in [-0.2, 0) is 14.8 Å². The molecule has 7 heteroatoms. The zero-order valence-electron chi connectivity index (χ0n) is 19.5. The minimum absolute atomic E-state index is 0.136. The molecule has 0 aromatic heterocycles. The third-order valence-corrected chi connectivity index (χ3v) is 7.04. The summed E-state index contributed by atoms with van der Waals surface area (Å²) in [6.07, 6.45) is 0. The second-order valence-corrected chi connectivity index (χ2v) is 9.94. The van der Waals surface area contributed by atoms with Crippen LogP contribution in [0.4, 0.5) is 5.69 Å². The van der Waals surface area contributed by atoms with Crippen molar-refractivity contribution in [1.29, 1.82) is 0 Å². The molecule has 1 amide bonds. The number of nitrogens with zero attached hydrogens (tertiary/aromatic N) is 1. The van der Waals surface area contributed by atoms with Crippen LogP contribution in [-0.4, -0.2) is 34.0 Å². The Morgan fingerprint density at radius 3 is 2.24 bits per heavy atom. The Balaban J connectivity index is 1.73. The van der Waals surface area contributed by atoms with Crippen LogP contribution in [0.2, 0.25) is 0 Å². The highest BCUT2D eigenvalue weighted by Crippen LogP contribution is 2.27. The largest absolute Gasteiger partial charge is 0.491 e. The fourth-order valence-electron chi connectivity index (χ4n) is 3.51. The van der Waals surface area contributed by atoms with Crippen LogP contribution in [0, 0.1) is 27.7 Å². The van der Waals surface area contributed by atoms with E-state index < -0.39 is 15.9 Å². The molecule has 0 bridgehead atoms. The summed E-state index contributed by atoms with van der Waals surface area (Å²) >= 11 is 0. The normalized spacial score (nSPS) is 11.2. The van der Waals surface area contributed by atoms with E-state index in [1.807, 2.05) is 58.0 Å².